The van der Waals surface area contributed by atoms with Crippen molar-refractivity contribution in [2.75, 3.05) is 26.1 Å². The molecule has 0 aliphatic carbocycles. The van der Waals surface area contributed by atoms with E-state index in [2.05, 4.69) is 10.3 Å². The van der Waals surface area contributed by atoms with Crippen LogP contribution in [0.2, 0.25) is 0 Å². The summed E-state index contributed by atoms with van der Waals surface area (Å²) in [6.45, 7) is 1.54. The molecule has 0 saturated heterocycles. The summed E-state index contributed by atoms with van der Waals surface area (Å²) in [4.78, 5) is 39.6. The van der Waals surface area contributed by atoms with E-state index in [1.807, 2.05) is 73.7 Å². The summed E-state index contributed by atoms with van der Waals surface area (Å²) in [5.74, 6) is 0.325. The number of rotatable bonds is 8. The normalized spacial score (nSPS) is 11.0. The highest BCUT2D eigenvalue weighted by Gasteiger charge is 2.17. The lowest BCUT2D eigenvalue weighted by Gasteiger charge is -2.12. The van der Waals surface area contributed by atoms with Crippen molar-refractivity contribution in [3.63, 3.8) is 0 Å². The zero-order valence-corrected chi connectivity index (χ0v) is 24.4. The number of benzene rings is 4. The van der Waals surface area contributed by atoms with Crippen LogP contribution in [0.1, 0.15) is 15.9 Å². The molecule has 10 heteroatoms. The quantitative estimate of drug-likeness (QED) is 0.195. The van der Waals surface area contributed by atoms with E-state index in [0.717, 1.165) is 38.4 Å². The minimum Gasteiger partial charge on any atom is -0.497 e. The Morgan fingerprint density at radius 3 is 1.95 bits per heavy atom. The van der Waals surface area contributed by atoms with Crippen molar-refractivity contribution in [1.29, 1.82) is 0 Å². The predicted molar refractivity (Wildman–Crippen MR) is 167 cm³/mol. The lowest BCUT2D eigenvalue weighted by molar-refractivity contribution is -0.119. The number of hydrogen-bond donors (Lipinski definition) is 1. The Labute approximate surface area is 251 Å². The van der Waals surface area contributed by atoms with Gasteiger partial charge in [0.15, 0.2) is 11.7 Å². The Balaban J connectivity index is 1.25. The molecule has 9 nitrogen and oxygen atoms in total. The largest absolute Gasteiger partial charge is 0.497 e. The first-order chi connectivity index (χ1) is 20.9. The molecule has 0 saturated carbocycles. The van der Waals surface area contributed by atoms with Crippen LogP contribution in [-0.4, -0.2) is 47.7 Å². The first-order valence-corrected chi connectivity index (χ1v) is 14.2. The van der Waals surface area contributed by atoms with Crippen LogP contribution in [0, 0.1) is 6.92 Å². The number of thiazole rings is 1. The Morgan fingerprint density at radius 1 is 0.721 bits per heavy atom. The number of methoxy groups -OCH3 is 2. The summed E-state index contributed by atoms with van der Waals surface area (Å²) < 4.78 is 16.9. The van der Waals surface area contributed by atoms with E-state index < -0.39 is 18.5 Å². The Hall–Kier alpha value is -5.35. The molecule has 2 heterocycles. The van der Waals surface area contributed by atoms with Gasteiger partial charge in [-0.3, -0.25) is 10.1 Å². The fourth-order valence-corrected chi connectivity index (χ4v) is 5.52. The number of carbonyl (C=O) groups excluding carboxylic acids is 2. The molecule has 0 bridgehead atoms. The summed E-state index contributed by atoms with van der Waals surface area (Å²) in [5.41, 5.74) is 6.27. The molecule has 0 atom stereocenters. The minimum absolute atomic E-state index is 0.253. The van der Waals surface area contributed by atoms with E-state index in [1.165, 1.54) is 11.3 Å². The van der Waals surface area contributed by atoms with Crippen LogP contribution in [0.3, 0.4) is 0 Å². The third-order valence-electron chi connectivity index (χ3n) is 6.75. The maximum absolute atomic E-state index is 12.9. The number of nitrogens with one attached hydrogen (secondary N) is 1. The Bertz CT molecular complexity index is 1970. The third-order valence-corrected chi connectivity index (χ3v) is 7.69. The van der Waals surface area contributed by atoms with Crippen LogP contribution in [-0.2, 0) is 9.53 Å². The van der Waals surface area contributed by atoms with E-state index in [9.17, 15) is 9.59 Å². The van der Waals surface area contributed by atoms with E-state index in [4.69, 9.17) is 24.2 Å². The average molecular weight is 591 g/mol. The number of hydrogen-bond acceptors (Lipinski definition) is 9. The second-order valence-electron chi connectivity index (χ2n) is 9.70. The van der Waals surface area contributed by atoms with Gasteiger partial charge in [0.1, 0.15) is 11.5 Å². The van der Waals surface area contributed by atoms with Gasteiger partial charge in [0.2, 0.25) is 0 Å². The Morgan fingerprint density at radius 2 is 1.33 bits per heavy atom. The van der Waals surface area contributed by atoms with E-state index in [-0.39, 0.29) is 5.56 Å². The van der Waals surface area contributed by atoms with Crippen LogP contribution in [0.5, 0.6) is 11.5 Å². The summed E-state index contributed by atoms with van der Waals surface area (Å²) in [7, 11) is 3.23. The molecule has 1 amide bonds. The fourth-order valence-electron chi connectivity index (χ4n) is 4.54. The van der Waals surface area contributed by atoms with Crippen LogP contribution in [0.4, 0.5) is 5.13 Å². The Kier molecular flexibility index (Phi) is 7.67. The van der Waals surface area contributed by atoms with Gasteiger partial charge in [-0.2, -0.15) is 0 Å². The summed E-state index contributed by atoms with van der Waals surface area (Å²) in [6, 6.07) is 25.9. The number of esters is 1. The van der Waals surface area contributed by atoms with Gasteiger partial charge in [0, 0.05) is 11.1 Å². The molecule has 1 N–H and O–H groups in total. The van der Waals surface area contributed by atoms with Crippen molar-refractivity contribution in [1.82, 2.24) is 15.0 Å². The lowest BCUT2D eigenvalue weighted by Crippen LogP contribution is -2.20. The van der Waals surface area contributed by atoms with Gasteiger partial charge in [-0.25, -0.2) is 19.7 Å². The molecule has 214 valence electrons. The molecule has 4 aromatic carbocycles. The first-order valence-electron chi connectivity index (χ1n) is 13.3. The van der Waals surface area contributed by atoms with Crippen molar-refractivity contribution in [2.45, 2.75) is 6.92 Å². The molecule has 0 radical (unpaired) electrons. The van der Waals surface area contributed by atoms with Crippen LogP contribution >= 0.6 is 11.3 Å². The van der Waals surface area contributed by atoms with Crippen LogP contribution in [0.15, 0.2) is 84.9 Å². The van der Waals surface area contributed by atoms with Crippen LogP contribution < -0.4 is 14.8 Å². The zero-order chi connectivity index (χ0) is 29.9. The van der Waals surface area contributed by atoms with E-state index in [1.54, 1.807) is 32.4 Å². The highest BCUT2D eigenvalue weighted by Crippen LogP contribution is 2.33. The molecule has 0 fully saturated rings. The van der Waals surface area contributed by atoms with Crippen molar-refractivity contribution >= 4 is 49.6 Å². The lowest BCUT2D eigenvalue weighted by atomic mass is 10.0. The number of nitrogens with zero attached hydrogens (tertiary/aromatic N) is 3. The van der Waals surface area contributed by atoms with Crippen molar-refractivity contribution < 1.29 is 23.8 Å². The summed E-state index contributed by atoms with van der Waals surface area (Å²) >= 11 is 1.36. The number of aryl methyl sites for hydroxylation is 1. The predicted octanol–water partition coefficient (Wildman–Crippen LogP) is 6.69. The highest BCUT2D eigenvalue weighted by atomic mass is 32.1. The SMILES string of the molecule is COc1ccc(-c2nc3ccc(C(=O)OCC(=O)Nc4nc5ccc(C)cc5s4)cc3nc2-c2ccc(OC)cc2)cc1. The fraction of sp³-hybridized carbons (Fsp3) is 0.121. The summed E-state index contributed by atoms with van der Waals surface area (Å²) in [5, 5.41) is 3.15. The molecule has 6 rings (SSSR count). The van der Waals surface area contributed by atoms with Crippen molar-refractivity contribution in [2.24, 2.45) is 0 Å². The molecule has 0 aliphatic heterocycles. The van der Waals surface area contributed by atoms with Gasteiger partial charge < -0.3 is 14.2 Å². The van der Waals surface area contributed by atoms with Gasteiger partial charge in [0.05, 0.1) is 52.4 Å². The van der Waals surface area contributed by atoms with Gasteiger partial charge >= 0.3 is 5.97 Å². The molecular weight excluding hydrogens is 564 g/mol. The molecule has 2 aromatic heterocycles. The molecule has 43 heavy (non-hydrogen) atoms. The molecular formula is C33H26N4O5S. The zero-order valence-electron chi connectivity index (χ0n) is 23.6. The summed E-state index contributed by atoms with van der Waals surface area (Å²) in [6.07, 6.45) is 0. The van der Waals surface area contributed by atoms with Gasteiger partial charge in [-0.05, 0) is 91.3 Å². The van der Waals surface area contributed by atoms with Gasteiger partial charge in [0.25, 0.3) is 5.91 Å². The average Bonchev–Trinajstić information content (AvgIpc) is 3.44. The number of fused-ring (bicyclic) bond motifs is 2. The molecule has 0 aliphatic rings. The molecule has 0 unspecified atom stereocenters. The van der Waals surface area contributed by atoms with E-state index >= 15 is 0 Å². The van der Waals surface area contributed by atoms with Crippen molar-refractivity contribution in [3.8, 4) is 34.0 Å². The van der Waals surface area contributed by atoms with Gasteiger partial charge in [-0.15, -0.1) is 0 Å². The highest BCUT2D eigenvalue weighted by molar-refractivity contribution is 7.22. The number of ether oxygens (including phenoxy) is 3. The monoisotopic (exact) mass is 590 g/mol. The first kappa shape index (κ1) is 27.8. The standard InChI is InChI=1S/C33H26N4O5S/c1-19-4-14-26-28(16-19)43-33(36-26)37-29(38)18-42-32(39)22-9-15-25-27(17-22)35-31(21-7-12-24(41-3)13-8-21)30(34-25)20-5-10-23(40-2)11-6-20/h4-17H,18H2,1-3H3,(H,36,37,38). The maximum atomic E-state index is 12.9. The minimum atomic E-state index is -0.649. The van der Waals surface area contributed by atoms with Gasteiger partial charge in [-0.1, -0.05) is 17.4 Å². The third kappa shape index (κ3) is 6.00. The number of anilines is 1. The van der Waals surface area contributed by atoms with Crippen LogP contribution in [0.25, 0.3) is 43.8 Å². The molecule has 0 spiro atoms. The second-order valence-corrected chi connectivity index (χ2v) is 10.7. The maximum Gasteiger partial charge on any atom is 0.338 e. The smallest absolute Gasteiger partial charge is 0.338 e. The number of amides is 1. The van der Waals surface area contributed by atoms with E-state index in [0.29, 0.717) is 27.6 Å². The number of aromatic nitrogens is 3. The van der Waals surface area contributed by atoms with Crippen molar-refractivity contribution in [3.05, 3.63) is 96.1 Å². The molecule has 6 aromatic rings. The topological polar surface area (TPSA) is 113 Å². The number of carbonyl (C=O) groups is 2. The second kappa shape index (κ2) is 11.9.